The van der Waals surface area contributed by atoms with Gasteiger partial charge in [-0.05, 0) is 24.6 Å². The molecule has 0 heterocycles. The third-order valence-electron chi connectivity index (χ3n) is 3.39. The minimum atomic E-state index is -4.53. The molecule has 110 valence electrons. The molecule has 0 aliphatic carbocycles. The Labute approximate surface area is 116 Å². The molecule has 0 fully saturated rings. The molecule has 2 N–H and O–H groups in total. The van der Waals surface area contributed by atoms with Crippen molar-refractivity contribution in [3.8, 4) is 6.07 Å². The Bertz CT molecular complexity index is 502. The topological polar surface area (TPSA) is 56.0 Å². The first-order valence-corrected chi connectivity index (χ1v) is 6.22. The third kappa shape index (κ3) is 3.87. The van der Waals surface area contributed by atoms with E-state index in [4.69, 9.17) is 5.26 Å². The van der Waals surface area contributed by atoms with Gasteiger partial charge < -0.3 is 10.4 Å². The van der Waals surface area contributed by atoms with Crippen LogP contribution >= 0.6 is 0 Å². The van der Waals surface area contributed by atoms with E-state index in [1.807, 2.05) is 6.92 Å². The lowest BCUT2D eigenvalue weighted by Gasteiger charge is -2.27. The van der Waals surface area contributed by atoms with Crippen molar-refractivity contribution in [2.24, 2.45) is 5.41 Å². The van der Waals surface area contributed by atoms with Gasteiger partial charge >= 0.3 is 6.18 Å². The Morgan fingerprint density at radius 1 is 1.35 bits per heavy atom. The monoisotopic (exact) mass is 286 g/mol. The first-order chi connectivity index (χ1) is 9.25. The highest BCUT2D eigenvalue weighted by Crippen LogP contribution is 2.36. The van der Waals surface area contributed by atoms with Gasteiger partial charge in [0.1, 0.15) is 0 Å². The smallest absolute Gasteiger partial charge is 0.396 e. The molecule has 1 rings (SSSR count). The number of nitrogens with zero attached hydrogens (tertiary/aromatic N) is 1. The average Bonchev–Trinajstić information content (AvgIpc) is 2.43. The van der Waals surface area contributed by atoms with Crippen LogP contribution in [0.5, 0.6) is 0 Å². The largest absolute Gasteiger partial charge is 0.418 e. The minimum absolute atomic E-state index is 0.0386. The van der Waals surface area contributed by atoms with Gasteiger partial charge in [0.15, 0.2) is 0 Å². The maximum absolute atomic E-state index is 12.9. The van der Waals surface area contributed by atoms with Crippen LogP contribution < -0.4 is 5.32 Å². The SMILES string of the molecule is CCC(C)(CO)CNc1ccc(C#N)cc1C(F)(F)F. The first kappa shape index (κ1) is 16.3. The number of rotatable bonds is 5. The highest BCUT2D eigenvalue weighted by Gasteiger charge is 2.34. The van der Waals surface area contributed by atoms with E-state index in [0.29, 0.717) is 6.42 Å². The molecule has 3 nitrogen and oxygen atoms in total. The van der Waals surface area contributed by atoms with Gasteiger partial charge in [-0.25, -0.2) is 0 Å². The predicted octanol–water partition coefficient (Wildman–Crippen LogP) is 3.40. The van der Waals surface area contributed by atoms with Crippen molar-refractivity contribution in [2.45, 2.75) is 26.4 Å². The molecule has 1 atom stereocenters. The lowest BCUT2D eigenvalue weighted by atomic mass is 9.88. The molecule has 6 heteroatoms. The number of benzene rings is 1. The van der Waals surface area contributed by atoms with Gasteiger partial charge in [0.05, 0.1) is 23.8 Å². The number of aliphatic hydroxyl groups excluding tert-OH is 1. The molecule has 0 aliphatic rings. The molecule has 0 amide bonds. The van der Waals surface area contributed by atoms with Crippen molar-refractivity contribution in [1.82, 2.24) is 0 Å². The van der Waals surface area contributed by atoms with Crippen LogP contribution in [0.1, 0.15) is 31.4 Å². The van der Waals surface area contributed by atoms with E-state index in [2.05, 4.69) is 5.32 Å². The van der Waals surface area contributed by atoms with Gasteiger partial charge in [-0.15, -0.1) is 0 Å². The van der Waals surface area contributed by atoms with Crippen molar-refractivity contribution >= 4 is 5.69 Å². The predicted molar refractivity (Wildman–Crippen MR) is 70.1 cm³/mol. The number of anilines is 1. The van der Waals surface area contributed by atoms with Crippen LogP contribution in [0.2, 0.25) is 0 Å². The van der Waals surface area contributed by atoms with Gasteiger partial charge in [0, 0.05) is 17.6 Å². The van der Waals surface area contributed by atoms with E-state index in [1.165, 1.54) is 12.1 Å². The molecule has 0 aliphatic heterocycles. The zero-order valence-electron chi connectivity index (χ0n) is 11.4. The van der Waals surface area contributed by atoms with Crippen LogP contribution in [0.4, 0.5) is 18.9 Å². The zero-order valence-corrected chi connectivity index (χ0v) is 11.4. The van der Waals surface area contributed by atoms with Crippen LogP contribution in [-0.4, -0.2) is 18.3 Å². The van der Waals surface area contributed by atoms with E-state index in [-0.39, 0.29) is 24.4 Å². The molecule has 0 aromatic heterocycles. The van der Waals surface area contributed by atoms with E-state index in [9.17, 15) is 18.3 Å². The summed E-state index contributed by atoms with van der Waals surface area (Å²) >= 11 is 0. The van der Waals surface area contributed by atoms with Crippen LogP contribution in [0, 0.1) is 16.7 Å². The summed E-state index contributed by atoms with van der Waals surface area (Å²) in [6.45, 7) is 3.75. The van der Waals surface area contributed by atoms with Gasteiger partial charge in [-0.3, -0.25) is 0 Å². The fraction of sp³-hybridized carbons (Fsp3) is 0.500. The number of nitriles is 1. The quantitative estimate of drug-likeness (QED) is 0.872. The van der Waals surface area contributed by atoms with Crippen molar-refractivity contribution in [1.29, 1.82) is 5.26 Å². The molecule has 20 heavy (non-hydrogen) atoms. The Balaban J connectivity index is 3.04. The van der Waals surface area contributed by atoms with Gasteiger partial charge in [0.2, 0.25) is 0 Å². The van der Waals surface area contributed by atoms with E-state index in [0.717, 1.165) is 6.07 Å². The lowest BCUT2D eigenvalue weighted by Crippen LogP contribution is -2.30. The Morgan fingerprint density at radius 2 is 2.00 bits per heavy atom. The number of alkyl halides is 3. The van der Waals surface area contributed by atoms with Crippen molar-refractivity contribution < 1.29 is 18.3 Å². The summed E-state index contributed by atoms with van der Waals surface area (Å²) in [4.78, 5) is 0. The van der Waals surface area contributed by atoms with Crippen LogP contribution in [0.25, 0.3) is 0 Å². The molecule has 1 unspecified atom stereocenters. The highest BCUT2D eigenvalue weighted by molar-refractivity contribution is 5.56. The Hall–Kier alpha value is -1.74. The van der Waals surface area contributed by atoms with Gasteiger partial charge in [-0.2, -0.15) is 18.4 Å². The average molecular weight is 286 g/mol. The summed E-state index contributed by atoms with van der Waals surface area (Å²) in [7, 11) is 0. The zero-order chi connectivity index (χ0) is 15.4. The van der Waals surface area contributed by atoms with Crippen LogP contribution in [0.15, 0.2) is 18.2 Å². The Morgan fingerprint density at radius 3 is 2.45 bits per heavy atom. The molecular weight excluding hydrogens is 269 g/mol. The fourth-order valence-electron chi connectivity index (χ4n) is 1.60. The molecule has 1 aromatic rings. The number of halogens is 3. The molecule has 0 radical (unpaired) electrons. The van der Waals surface area contributed by atoms with Crippen molar-refractivity contribution in [2.75, 3.05) is 18.5 Å². The van der Waals surface area contributed by atoms with E-state index >= 15 is 0 Å². The van der Waals surface area contributed by atoms with Crippen LogP contribution in [-0.2, 0) is 6.18 Å². The maximum atomic E-state index is 12.9. The van der Waals surface area contributed by atoms with Crippen LogP contribution in [0.3, 0.4) is 0 Å². The molecule has 0 saturated carbocycles. The second kappa shape index (κ2) is 6.14. The van der Waals surface area contributed by atoms with Crippen molar-refractivity contribution in [3.05, 3.63) is 29.3 Å². The summed E-state index contributed by atoms with van der Waals surface area (Å²) in [5.41, 5.74) is -1.47. The molecule has 1 aromatic carbocycles. The number of hydrogen-bond acceptors (Lipinski definition) is 3. The van der Waals surface area contributed by atoms with E-state index in [1.54, 1.807) is 13.0 Å². The van der Waals surface area contributed by atoms with Gasteiger partial charge in [0.25, 0.3) is 0 Å². The first-order valence-electron chi connectivity index (χ1n) is 6.22. The second-order valence-electron chi connectivity index (χ2n) is 5.05. The number of aliphatic hydroxyl groups is 1. The maximum Gasteiger partial charge on any atom is 0.418 e. The minimum Gasteiger partial charge on any atom is -0.396 e. The second-order valence-corrected chi connectivity index (χ2v) is 5.05. The normalized spacial score (nSPS) is 14.4. The van der Waals surface area contributed by atoms with Crippen molar-refractivity contribution in [3.63, 3.8) is 0 Å². The van der Waals surface area contributed by atoms with Gasteiger partial charge in [-0.1, -0.05) is 13.8 Å². The summed E-state index contributed by atoms with van der Waals surface area (Å²) in [5.74, 6) is 0. The number of hydrogen-bond donors (Lipinski definition) is 2. The lowest BCUT2D eigenvalue weighted by molar-refractivity contribution is -0.137. The van der Waals surface area contributed by atoms with E-state index < -0.39 is 17.2 Å². The summed E-state index contributed by atoms with van der Waals surface area (Å²) in [5, 5.41) is 20.7. The molecule has 0 bridgehead atoms. The molecule has 0 saturated heterocycles. The Kier molecular flexibility index (Phi) is 5.01. The third-order valence-corrected chi connectivity index (χ3v) is 3.39. The fourth-order valence-corrected chi connectivity index (χ4v) is 1.60. The summed E-state index contributed by atoms with van der Waals surface area (Å²) < 4.78 is 38.8. The molecular formula is C14H17F3N2O. The summed E-state index contributed by atoms with van der Waals surface area (Å²) in [6.07, 6.45) is -3.90. The summed E-state index contributed by atoms with van der Waals surface area (Å²) in [6, 6.07) is 5.10. The standard InChI is InChI=1S/C14H17F3N2O/c1-3-13(2,9-20)8-19-12-5-4-10(7-18)6-11(12)14(15,16)17/h4-6,19-20H,3,8-9H2,1-2H3. The number of nitrogens with one attached hydrogen (secondary N) is 1. The molecule has 0 spiro atoms. The highest BCUT2D eigenvalue weighted by atomic mass is 19.4.